The molecular weight excluding hydrogens is 422 g/mol. The Morgan fingerprint density at radius 1 is 1.15 bits per heavy atom. The minimum absolute atomic E-state index is 0.0297. The summed E-state index contributed by atoms with van der Waals surface area (Å²) >= 11 is 0. The Kier molecular flexibility index (Phi) is 6.78. The molecule has 176 valence electrons. The zero-order valence-electron chi connectivity index (χ0n) is 19.6. The van der Waals surface area contributed by atoms with Crippen LogP contribution in [0.1, 0.15) is 45.7 Å². The summed E-state index contributed by atoms with van der Waals surface area (Å²) in [6, 6.07) is 5.57. The summed E-state index contributed by atoms with van der Waals surface area (Å²) in [5.74, 6) is 0.658. The first kappa shape index (κ1) is 23.0. The second-order valence-electron chi connectivity index (χ2n) is 8.77. The third kappa shape index (κ3) is 5.08. The van der Waals surface area contributed by atoms with Crippen molar-refractivity contribution in [2.75, 3.05) is 36.1 Å². The van der Waals surface area contributed by atoms with Gasteiger partial charge in [-0.15, -0.1) is 0 Å². The maximum absolute atomic E-state index is 12.4. The van der Waals surface area contributed by atoms with E-state index >= 15 is 0 Å². The largest absolute Gasteiger partial charge is 0.447 e. The summed E-state index contributed by atoms with van der Waals surface area (Å²) in [4.78, 5) is 37.7. The van der Waals surface area contributed by atoms with Gasteiger partial charge in [0, 0.05) is 49.7 Å². The Morgan fingerprint density at radius 3 is 2.48 bits per heavy atom. The standard InChI is InChI=1S/C24H31N5O4/c1-15(2)33-24(31)27-21-11-16(3)29(17(4)30)22-6-5-18(12-20(21)22)19-13-25-23(26-14-19)28-7-9-32-10-8-28/h5-6,12-16,21H,7-11H2,1-4H3,(H,27,31)/t16-,21+/m1/s1. The molecule has 0 radical (unpaired) electrons. The molecule has 1 N–H and O–H groups in total. The number of hydrogen-bond donors (Lipinski definition) is 1. The van der Waals surface area contributed by atoms with Gasteiger partial charge < -0.3 is 24.6 Å². The van der Waals surface area contributed by atoms with Crippen LogP contribution in [0.25, 0.3) is 11.1 Å². The molecule has 33 heavy (non-hydrogen) atoms. The predicted molar refractivity (Wildman–Crippen MR) is 125 cm³/mol. The summed E-state index contributed by atoms with van der Waals surface area (Å²) in [5.41, 5.74) is 3.46. The van der Waals surface area contributed by atoms with Crippen molar-refractivity contribution >= 4 is 23.6 Å². The van der Waals surface area contributed by atoms with Crippen LogP contribution in [0.5, 0.6) is 0 Å². The first-order chi connectivity index (χ1) is 15.8. The molecule has 2 aliphatic heterocycles. The number of anilines is 2. The Morgan fingerprint density at radius 2 is 1.85 bits per heavy atom. The van der Waals surface area contributed by atoms with Gasteiger partial charge in [0.2, 0.25) is 11.9 Å². The number of ether oxygens (including phenoxy) is 2. The molecule has 0 unspecified atom stereocenters. The topological polar surface area (TPSA) is 96.9 Å². The van der Waals surface area contributed by atoms with Crippen molar-refractivity contribution in [1.82, 2.24) is 15.3 Å². The summed E-state index contributed by atoms with van der Waals surface area (Å²) in [7, 11) is 0. The maximum atomic E-state index is 12.4. The first-order valence-electron chi connectivity index (χ1n) is 11.4. The number of rotatable bonds is 4. The lowest BCUT2D eigenvalue weighted by Crippen LogP contribution is -2.45. The number of amides is 2. The molecule has 2 atom stereocenters. The van der Waals surface area contributed by atoms with E-state index in [2.05, 4.69) is 20.2 Å². The van der Waals surface area contributed by atoms with Crippen LogP contribution in [0.15, 0.2) is 30.6 Å². The highest BCUT2D eigenvalue weighted by molar-refractivity contribution is 5.94. The van der Waals surface area contributed by atoms with Crippen molar-refractivity contribution in [2.24, 2.45) is 0 Å². The van der Waals surface area contributed by atoms with Gasteiger partial charge in [0.25, 0.3) is 0 Å². The molecule has 3 heterocycles. The van der Waals surface area contributed by atoms with Gasteiger partial charge in [-0.3, -0.25) is 4.79 Å². The zero-order valence-corrected chi connectivity index (χ0v) is 19.6. The molecule has 0 spiro atoms. The molecule has 1 aromatic heterocycles. The number of benzene rings is 1. The Labute approximate surface area is 194 Å². The fraction of sp³-hybridized carbons (Fsp3) is 0.500. The summed E-state index contributed by atoms with van der Waals surface area (Å²) in [5, 5.41) is 2.98. The van der Waals surface area contributed by atoms with Crippen LogP contribution in [0.2, 0.25) is 0 Å². The molecule has 0 saturated carbocycles. The molecule has 2 amide bonds. The third-order valence-electron chi connectivity index (χ3n) is 5.92. The average molecular weight is 454 g/mol. The molecule has 0 aliphatic carbocycles. The number of fused-ring (bicyclic) bond motifs is 1. The average Bonchev–Trinajstić information content (AvgIpc) is 2.79. The van der Waals surface area contributed by atoms with Crippen LogP contribution in [-0.4, -0.2) is 60.4 Å². The van der Waals surface area contributed by atoms with E-state index in [-0.39, 0.29) is 24.1 Å². The number of nitrogens with zero attached hydrogens (tertiary/aromatic N) is 4. The second kappa shape index (κ2) is 9.74. The molecule has 4 rings (SSSR count). The smallest absolute Gasteiger partial charge is 0.407 e. The van der Waals surface area contributed by atoms with Crippen molar-refractivity contribution < 1.29 is 19.1 Å². The lowest BCUT2D eigenvalue weighted by atomic mass is 9.89. The van der Waals surface area contributed by atoms with Gasteiger partial charge in [-0.25, -0.2) is 14.8 Å². The quantitative estimate of drug-likeness (QED) is 0.759. The molecule has 1 fully saturated rings. The predicted octanol–water partition coefficient (Wildman–Crippen LogP) is 3.30. The molecule has 2 aromatic rings. The highest BCUT2D eigenvalue weighted by atomic mass is 16.6. The fourth-order valence-electron chi connectivity index (χ4n) is 4.45. The number of nitrogens with one attached hydrogen (secondary N) is 1. The van der Waals surface area contributed by atoms with Crippen molar-refractivity contribution in [3.8, 4) is 11.1 Å². The van der Waals surface area contributed by atoms with Gasteiger partial charge in [-0.05, 0) is 50.5 Å². The van der Waals surface area contributed by atoms with Crippen molar-refractivity contribution in [3.63, 3.8) is 0 Å². The third-order valence-corrected chi connectivity index (χ3v) is 5.92. The molecule has 1 aromatic carbocycles. The normalized spacial score (nSPS) is 20.4. The Bertz CT molecular complexity index is 1000. The summed E-state index contributed by atoms with van der Waals surface area (Å²) in [6.07, 6.45) is 3.53. The molecular formula is C24H31N5O4. The summed E-state index contributed by atoms with van der Waals surface area (Å²) in [6.45, 7) is 10.1. The van der Waals surface area contributed by atoms with Crippen molar-refractivity contribution in [1.29, 1.82) is 0 Å². The minimum atomic E-state index is -0.465. The number of morpholine rings is 1. The molecule has 1 saturated heterocycles. The summed E-state index contributed by atoms with van der Waals surface area (Å²) < 4.78 is 10.7. The van der Waals surface area contributed by atoms with Crippen LogP contribution in [0, 0.1) is 0 Å². The van der Waals surface area contributed by atoms with Gasteiger partial charge in [0.1, 0.15) is 0 Å². The maximum Gasteiger partial charge on any atom is 0.407 e. The highest BCUT2D eigenvalue weighted by Gasteiger charge is 2.34. The van der Waals surface area contributed by atoms with Gasteiger partial charge in [-0.1, -0.05) is 6.07 Å². The van der Waals surface area contributed by atoms with Crippen LogP contribution < -0.4 is 15.1 Å². The van der Waals surface area contributed by atoms with E-state index in [0.29, 0.717) is 25.6 Å². The van der Waals surface area contributed by atoms with E-state index < -0.39 is 6.09 Å². The van der Waals surface area contributed by atoms with Crippen molar-refractivity contribution in [2.45, 2.75) is 52.3 Å². The SMILES string of the molecule is CC(=O)N1c2ccc(-c3cnc(N4CCOCC4)nc3)cc2[C@@H](NC(=O)OC(C)C)C[C@H]1C. The van der Waals surface area contributed by atoms with Crippen LogP contribution in [0.4, 0.5) is 16.4 Å². The van der Waals surface area contributed by atoms with Gasteiger partial charge in [0.05, 0.1) is 25.4 Å². The van der Waals surface area contributed by atoms with E-state index in [4.69, 9.17) is 9.47 Å². The number of carbonyl (C=O) groups excluding carboxylic acids is 2. The minimum Gasteiger partial charge on any atom is -0.447 e. The number of hydrogen-bond acceptors (Lipinski definition) is 7. The first-order valence-corrected chi connectivity index (χ1v) is 11.4. The van der Waals surface area contributed by atoms with Crippen LogP contribution >= 0.6 is 0 Å². The van der Waals surface area contributed by atoms with E-state index in [1.807, 2.05) is 51.4 Å². The molecule has 2 aliphatic rings. The second-order valence-corrected chi connectivity index (χ2v) is 8.77. The lowest BCUT2D eigenvalue weighted by molar-refractivity contribution is -0.117. The zero-order chi connectivity index (χ0) is 23.5. The number of carbonyl (C=O) groups is 2. The van der Waals surface area contributed by atoms with Crippen LogP contribution in [0.3, 0.4) is 0 Å². The van der Waals surface area contributed by atoms with E-state index in [1.54, 1.807) is 11.8 Å². The van der Waals surface area contributed by atoms with Crippen LogP contribution in [-0.2, 0) is 14.3 Å². The number of alkyl carbamates (subject to hydrolysis) is 1. The van der Waals surface area contributed by atoms with E-state index in [0.717, 1.165) is 35.5 Å². The monoisotopic (exact) mass is 453 g/mol. The Balaban J connectivity index is 1.64. The van der Waals surface area contributed by atoms with Gasteiger partial charge in [0.15, 0.2) is 0 Å². The lowest BCUT2D eigenvalue weighted by Gasteiger charge is -2.39. The van der Waals surface area contributed by atoms with E-state index in [9.17, 15) is 9.59 Å². The molecule has 9 nitrogen and oxygen atoms in total. The highest BCUT2D eigenvalue weighted by Crippen LogP contribution is 2.39. The number of aromatic nitrogens is 2. The fourth-order valence-corrected chi connectivity index (χ4v) is 4.45. The molecule has 9 heteroatoms. The van der Waals surface area contributed by atoms with Gasteiger partial charge >= 0.3 is 6.09 Å². The van der Waals surface area contributed by atoms with E-state index in [1.165, 1.54) is 0 Å². The Hall–Kier alpha value is -3.20. The molecule has 0 bridgehead atoms. The van der Waals surface area contributed by atoms with Crippen molar-refractivity contribution in [3.05, 3.63) is 36.2 Å². The van der Waals surface area contributed by atoms with Gasteiger partial charge in [-0.2, -0.15) is 0 Å².